The van der Waals surface area contributed by atoms with Gasteiger partial charge in [0.05, 0.1) is 29.0 Å². The lowest BCUT2D eigenvalue weighted by Crippen LogP contribution is -2.43. The van der Waals surface area contributed by atoms with E-state index in [-0.39, 0.29) is 34.7 Å². The maximum Gasteiger partial charge on any atom is 0.355 e. The third-order valence-electron chi connectivity index (χ3n) is 5.30. The molecular formula is C22H15ClF3N7O3. The van der Waals surface area contributed by atoms with Gasteiger partial charge in [0.25, 0.3) is 0 Å². The van der Waals surface area contributed by atoms with Crippen LogP contribution in [0.25, 0.3) is 10.9 Å². The van der Waals surface area contributed by atoms with Crippen LogP contribution < -0.4 is 16.7 Å². The Kier molecular flexibility index (Phi) is 5.84. The average Bonchev–Trinajstić information content (AvgIpc) is 3.46. The van der Waals surface area contributed by atoms with Crippen molar-refractivity contribution in [3.8, 4) is 0 Å². The summed E-state index contributed by atoms with van der Waals surface area (Å²) in [4.78, 5) is 33.9. The molecule has 0 unspecified atom stereocenters. The minimum absolute atomic E-state index is 0.0485. The van der Waals surface area contributed by atoms with Gasteiger partial charge in [0.15, 0.2) is 11.6 Å². The first-order valence-corrected chi connectivity index (χ1v) is 10.7. The fourth-order valence-electron chi connectivity index (χ4n) is 3.61. The molecule has 14 heteroatoms. The number of benzene rings is 2. The summed E-state index contributed by atoms with van der Waals surface area (Å²) in [6, 6.07) is 4.18. The lowest BCUT2D eigenvalue weighted by molar-refractivity contribution is 0.455. The van der Waals surface area contributed by atoms with Crippen LogP contribution in [-0.4, -0.2) is 28.9 Å². The Hall–Kier alpha value is -4.39. The minimum atomic E-state index is -1.38. The zero-order valence-electron chi connectivity index (χ0n) is 18.4. The van der Waals surface area contributed by atoms with E-state index in [1.807, 2.05) is 0 Å². The molecule has 0 aliphatic carbocycles. The van der Waals surface area contributed by atoms with Crippen molar-refractivity contribution < 1.29 is 17.6 Å². The smallest absolute Gasteiger partial charge is 0.355 e. The normalized spacial score (nSPS) is 11.4. The highest BCUT2D eigenvalue weighted by Gasteiger charge is 2.19. The van der Waals surface area contributed by atoms with E-state index in [0.29, 0.717) is 27.6 Å². The molecule has 0 spiro atoms. The number of rotatable bonds is 6. The molecule has 0 bridgehead atoms. The summed E-state index contributed by atoms with van der Waals surface area (Å²) in [7, 11) is 1.73. The number of hydrogen-bond donors (Lipinski definition) is 1. The van der Waals surface area contributed by atoms with Gasteiger partial charge >= 0.3 is 11.4 Å². The second-order valence-electron chi connectivity index (χ2n) is 7.78. The molecule has 10 nitrogen and oxygen atoms in total. The van der Waals surface area contributed by atoms with E-state index in [2.05, 4.69) is 20.4 Å². The van der Waals surface area contributed by atoms with Gasteiger partial charge in [-0.2, -0.15) is 10.1 Å². The van der Waals surface area contributed by atoms with E-state index in [1.54, 1.807) is 30.1 Å². The predicted molar refractivity (Wildman–Crippen MR) is 123 cm³/mol. The van der Waals surface area contributed by atoms with Crippen LogP contribution in [0, 0.1) is 17.5 Å². The molecule has 0 aliphatic rings. The number of fused-ring (bicyclic) bond motifs is 1. The summed E-state index contributed by atoms with van der Waals surface area (Å²) in [6.07, 6.45) is 4.31. The second kappa shape index (κ2) is 9.00. The summed E-state index contributed by atoms with van der Waals surface area (Å²) >= 11 is 6.36. The number of anilines is 2. The van der Waals surface area contributed by atoms with Crippen LogP contribution in [0.4, 0.5) is 24.8 Å². The molecule has 5 rings (SSSR count). The predicted octanol–water partition coefficient (Wildman–Crippen LogP) is 3.19. The SMILES string of the molecule is Cn1cc2cc(Nc3nc(=O)n(Cc4ncco4)c(=O)n3Cc3cc(F)c(F)cc3F)c(Cl)cc2n1. The monoisotopic (exact) mass is 517 g/mol. The summed E-state index contributed by atoms with van der Waals surface area (Å²) in [6.45, 7) is -0.948. The van der Waals surface area contributed by atoms with E-state index >= 15 is 0 Å². The molecule has 36 heavy (non-hydrogen) atoms. The Labute approximate surface area is 204 Å². The highest BCUT2D eigenvalue weighted by Crippen LogP contribution is 2.29. The molecule has 0 amide bonds. The Morgan fingerprint density at radius 1 is 1.03 bits per heavy atom. The first kappa shape index (κ1) is 23.4. The molecule has 5 aromatic rings. The van der Waals surface area contributed by atoms with Crippen LogP contribution in [0.15, 0.2) is 56.9 Å². The first-order chi connectivity index (χ1) is 17.2. The molecule has 0 saturated heterocycles. The van der Waals surface area contributed by atoms with Crippen LogP contribution in [0.3, 0.4) is 0 Å². The van der Waals surface area contributed by atoms with E-state index in [9.17, 15) is 22.8 Å². The second-order valence-corrected chi connectivity index (χ2v) is 8.18. The van der Waals surface area contributed by atoms with Crippen LogP contribution in [-0.2, 0) is 20.1 Å². The van der Waals surface area contributed by atoms with Crippen LogP contribution in [0.5, 0.6) is 0 Å². The number of hydrogen-bond acceptors (Lipinski definition) is 7. The van der Waals surface area contributed by atoms with Crippen molar-refractivity contribution in [1.29, 1.82) is 0 Å². The summed E-state index contributed by atoms with van der Waals surface area (Å²) < 4.78 is 50.0. The Morgan fingerprint density at radius 2 is 1.81 bits per heavy atom. The molecule has 3 heterocycles. The summed E-state index contributed by atoms with van der Waals surface area (Å²) in [5, 5.41) is 7.96. The molecular weight excluding hydrogens is 503 g/mol. The third kappa shape index (κ3) is 4.35. The molecule has 0 atom stereocenters. The zero-order chi connectivity index (χ0) is 25.6. The van der Waals surface area contributed by atoms with E-state index < -0.39 is 35.4 Å². The molecule has 3 aromatic heterocycles. The van der Waals surface area contributed by atoms with Crippen LogP contribution in [0.2, 0.25) is 5.02 Å². The van der Waals surface area contributed by atoms with Crippen molar-refractivity contribution in [2.24, 2.45) is 7.05 Å². The van der Waals surface area contributed by atoms with Crippen LogP contribution >= 0.6 is 11.6 Å². The van der Waals surface area contributed by atoms with Gasteiger partial charge in [-0.25, -0.2) is 32.3 Å². The molecule has 0 aliphatic heterocycles. The van der Waals surface area contributed by atoms with Crippen LogP contribution in [0.1, 0.15) is 11.5 Å². The van der Waals surface area contributed by atoms with Gasteiger partial charge in [-0.1, -0.05) is 11.6 Å². The molecule has 0 saturated carbocycles. The summed E-state index contributed by atoms with van der Waals surface area (Å²) in [5.41, 5.74) is -1.37. The van der Waals surface area contributed by atoms with Gasteiger partial charge < -0.3 is 9.73 Å². The van der Waals surface area contributed by atoms with Crippen molar-refractivity contribution in [2.75, 3.05) is 5.32 Å². The average molecular weight is 518 g/mol. The van der Waals surface area contributed by atoms with Crippen molar-refractivity contribution in [3.05, 3.63) is 97.8 Å². The number of halogens is 4. The Balaban J connectivity index is 1.65. The van der Waals surface area contributed by atoms with Crippen molar-refractivity contribution >= 4 is 34.1 Å². The number of nitrogens with one attached hydrogen (secondary N) is 1. The van der Waals surface area contributed by atoms with Gasteiger partial charge in [-0.05, 0) is 18.2 Å². The highest BCUT2D eigenvalue weighted by molar-refractivity contribution is 6.34. The standard InChI is InChI=1S/C22H15ClF3N7O3/c1-31-8-12-5-18(13(23)6-17(12)30-31)28-20-29-21(34)33(10-19-27-2-3-36-19)22(35)32(20)9-11-4-15(25)16(26)7-14(11)24/h2-8H,9-10H2,1H3,(H,28,29,34). The maximum atomic E-state index is 14.4. The quantitative estimate of drug-likeness (QED) is 0.344. The maximum absolute atomic E-state index is 14.4. The lowest BCUT2D eigenvalue weighted by atomic mass is 10.2. The lowest BCUT2D eigenvalue weighted by Gasteiger charge is -2.16. The molecule has 1 N–H and O–H groups in total. The van der Waals surface area contributed by atoms with Gasteiger partial charge in [-0.15, -0.1) is 0 Å². The zero-order valence-corrected chi connectivity index (χ0v) is 19.1. The Morgan fingerprint density at radius 3 is 2.56 bits per heavy atom. The molecule has 184 valence electrons. The third-order valence-corrected chi connectivity index (χ3v) is 5.61. The number of aryl methyl sites for hydroxylation is 1. The summed E-state index contributed by atoms with van der Waals surface area (Å²) in [5.74, 6) is -4.03. The van der Waals surface area contributed by atoms with Crippen molar-refractivity contribution in [2.45, 2.75) is 13.1 Å². The number of aromatic nitrogens is 6. The fraction of sp³-hybridized carbons (Fsp3) is 0.136. The van der Waals surface area contributed by atoms with Gasteiger partial charge in [0.1, 0.15) is 18.6 Å². The van der Waals surface area contributed by atoms with E-state index in [4.69, 9.17) is 16.0 Å². The molecule has 0 fully saturated rings. The number of oxazole rings is 1. The molecule has 0 radical (unpaired) electrons. The topological polar surface area (TPSA) is 113 Å². The Bertz CT molecular complexity index is 1730. The largest absolute Gasteiger partial charge is 0.447 e. The minimum Gasteiger partial charge on any atom is -0.447 e. The highest BCUT2D eigenvalue weighted by atomic mass is 35.5. The van der Waals surface area contributed by atoms with Gasteiger partial charge in [-0.3, -0.25) is 9.25 Å². The van der Waals surface area contributed by atoms with E-state index in [0.717, 1.165) is 4.57 Å². The van der Waals surface area contributed by atoms with Gasteiger partial charge in [0.2, 0.25) is 11.8 Å². The van der Waals surface area contributed by atoms with E-state index in [1.165, 1.54) is 12.5 Å². The van der Waals surface area contributed by atoms with Crippen molar-refractivity contribution in [1.82, 2.24) is 28.9 Å². The number of nitrogens with zero attached hydrogens (tertiary/aromatic N) is 6. The molecule has 2 aromatic carbocycles. The van der Waals surface area contributed by atoms with Crippen molar-refractivity contribution in [3.63, 3.8) is 0 Å². The fourth-order valence-corrected chi connectivity index (χ4v) is 3.82. The first-order valence-electron chi connectivity index (χ1n) is 10.3. The van der Waals surface area contributed by atoms with Gasteiger partial charge in [0, 0.05) is 30.3 Å².